The standard InChI is InChI=1S/C27H32N4O3/c1-18-8-9-19(2)21(15-18)28-25(32)17-31-24-16-20(26(33)29-12-5-6-13-29)10-11-22(24)30-14-4-3-7-23(30)27(31)34/h8-11,15-16,23H,3-7,12-14,17H2,1-2H3,(H,28,32)/t23-/m0/s1. The van der Waals surface area contributed by atoms with Crippen LogP contribution in [-0.2, 0) is 9.59 Å². The molecule has 7 nitrogen and oxygen atoms in total. The van der Waals surface area contributed by atoms with E-state index in [1.165, 1.54) is 0 Å². The molecule has 2 fully saturated rings. The van der Waals surface area contributed by atoms with Crippen LogP contribution in [0, 0.1) is 13.8 Å². The van der Waals surface area contributed by atoms with Crippen molar-refractivity contribution in [2.45, 2.75) is 52.0 Å². The summed E-state index contributed by atoms with van der Waals surface area (Å²) in [5, 5.41) is 2.98. The summed E-state index contributed by atoms with van der Waals surface area (Å²) in [6.45, 7) is 6.20. The highest BCUT2D eigenvalue weighted by molar-refractivity contribution is 6.11. The van der Waals surface area contributed by atoms with Crippen LogP contribution in [0.2, 0.25) is 0 Å². The number of carbonyl (C=O) groups is 3. The zero-order chi connectivity index (χ0) is 23.8. The highest BCUT2D eigenvalue weighted by Crippen LogP contribution is 2.40. The van der Waals surface area contributed by atoms with Gasteiger partial charge in [-0.1, -0.05) is 12.1 Å². The maximum Gasteiger partial charge on any atom is 0.253 e. The molecule has 0 bridgehead atoms. The largest absolute Gasteiger partial charge is 0.358 e. The van der Waals surface area contributed by atoms with Gasteiger partial charge in [-0.3, -0.25) is 19.3 Å². The van der Waals surface area contributed by atoms with Gasteiger partial charge in [0.1, 0.15) is 12.6 Å². The zero-order valence-corrected chi connectivity index (χ0v) is 20.0. The maximum absolute atomic E-state index is 13.6. The Morgan fingerprint density at radius 1 is 0.941 bits per heavy atom. The number of fused-ring (bicyclic) bond motifs is 3. The van der Waals surface area contributed by atoms with Crippen molar-refractivity contribution in [3.8, 4) is 0 Å². The fourth-order valence-electron chi connectivity index (χ4n) is 5.36. The third-order valence-electron chi connectivity index (χ3n) is 7.24. The second-order valence-corrected chi connectivity index (χ2v) is 9.70. The lowest BCUT2D eigenvalue weighted by molar-refractivity contribution is -0.123. The molecule has 2 aromatic rings. The Morgan fingerprint density at radius 3 is 2.50 bits per heavy atom. The van der Waals surface area contributed by atoms with Crippen LogP contribution in [0.3, 0.4) is 0 Å². The van der Waals surface area contributed by atoms with Crippen molar-refractivity contribution >= 4 is 34.8 Å². The van der Waals surface area contributed by atoms with Crippen LogP contribution in [0.25, 0.3) is 0 Å². The van der Waals surface area contributed by atoms with Crippen LogP contribution in [0.15, 0.2) is 36.4 Å². The molecule has 3 aliphatic rings. The molecule has 1 atom stereocenters. The first-order valence-electron chi connectivity index (χ1n) is 12.3. The van der Waals surface area contributed by atoms with E-state index in [1.54, 1.807) is 4.90 Å². The molecule has 2 aromatic carbocycles. The van der Waals surface area contributed by atoms with E-state index in [0.29, 0.717) is 11.3 Å². The topological polar surface area (TPSA) is 73.0 Å². The molecule has 3 aliphatic heterocycles. The Balaban J connectivity index is 1.46. The third-order valence-corrected chi connectivity index (χ3v) is 7.24. The van der Waals surface area contributed by atoms with E-state index >= 15 is 0 Å². The minimum absolute atomic E-state index is 0.00620. The fourth-order valence-corrected chi connectivity index (χ4v) is 5.36. The van der Waals surface area contributed by atoms with Crippen molar-refractivity contribution in [2.75, 3.05) is 41.3 Å². The summed E-state index contributed by atoms with van der Waals surface area (Å²) >= 11 is 0. The number of nitrogens with zero attached hydrogens (tertiary/aromatic N) is 3. The maximum atomic E-state index is 13.6. The van der Waals surface area contributed by atoms with Gasteiger partial charge in [0.2, 0.25) is 11.8 Å². The Morgan fingerprint density at radius 2 is 1.71 bits per heavy atom. The Bertz CT molecular complexity index is 1140. The number of piperidine rings is 1. The quantitative estimate of drug-likeness (QED) is 0.752. The lowest BCUT2D eigenvalue weighted by Crippen LogP contribution is -2.56. The number of benzene rings is 2. The number of hydrogen-bond acceptors (Lipinski definition) is 4. The van der Waals surface area contributed by atoms with Crippen molar-refractivity contribution in [1.29, 1.82) is 0 Å². The summed E-state index contributed by atoms with van der Waals surface area (Å²) in [6.07, 6.45) is 4.85. The van der Waals surface area contributed by atoms with E-state index in [2.05, 4.69) is 10.2 Å². The van der Waals surface area contributed by atoms with E-state index in [4.69, 9.17) is 0 Å². The molecule has 34 heavy (non-hydrogen) atoms. The number of anilines is 3. The smallest absolute Gasteiger partial charge is 0.253 e. The summed E-state index contributed by atoms with van der Waals surface area (Å²) in [7, 11) is 0. The predicted molar refractivity (Wildman–Crippen MR) is 133 cm³/mol. The summed E-state index contributed by atoms with van der Waals surface area (Å²) < 4.78 is 0. The number of carbonyl (C=O) groups excluding carboxylic acids is 3. The average Bonchev–Trinajstić information content (AvgIpc) is 3.38. The molecule has 0 aromatic heterocycles. The minimum Gasteiger partial charge on any atom is -0.358 e. The highest BCUT2D eigenvalue weighted by Gasteiger charge is 2.40. The van der Waals surface area contributed by atoms with Crippen molar-refractivity contribution in [2.24, 2.45) is 0 Å². The second-order valence-electron chi connectivity index (χ2n) is 9.70. The predicted octanol–water partition coefficient (Wildman–Crippen LogP) is 3.88. The van der Waals surface area contributed by atoms with Gasteiger partial charge in [-0.15, -0.1) is 0 Å². The van der Waals surface area contributed by atoms with Crippen molar-refractivity contribution in [1.82, 2.24) is 4.90 Å². The van der Waals surface area contributed by atoms with Gasteiger partial charge in [0.25, 0.3) is 5.91 Å². The summed E-state index contributed by atoms with van der Waals surface area (Å²) in [4.78, 5) is 45.3. The molecular weight excluding hydrogens is 428 g/mol. The van der Waals surface area contributed by atoms with Gasteiger partial charge < -0.3 is 15.1 Å². The summed E-state index contributed by atoms with van der Waals surface area (Å²) in [5.74, 6) is -0.309. The number of nitrogens with one attached hydrogen (secondary N) is 1. The van der Waals surface area contributed by atoms with Crippen LogP contribution in [0.4, 0.5) is 17.1 Å². The molecule has 7 heteroatoms. The van der Waals surface area contributed by atoms with E-state index in [1.807, 2.05) is 55.1 Å². The SMILES string of the molecule is Cc1ccc(C)c(NC(=O)CN2C(=O)[C@@H]3CCCCN3c3ccc(C(=O)N4CCCC4)cc32)c1. The molecule has 0 aliphatic carbocycles. The summed E-state index contributed by atoms with van der Waals surface area (Å²) in [6, 6.07) is 11.3. The molecule has 1 N–H and O–H groups in total. The molecule has 0 radical (unpaired) electrons. The van der Waals surface area contributed by atoms with Gasteiger partial charge in [-0.2, -0.15) is 0 Å². The number of likely N-dealkylation sites (tertiary alicyclic amines) is 1. The Labute approximate surface area is 200 Å². The average molecular weight is 461 g/mol. The Kier molecular flexibility index (Phi) is 6.02. The van der Waals surface area contributed by atoms with Crippen molar-refractivity contribution < 1.29 is 14.4 Å². The van der Waals surface area contributed by atoms with E-state index in [9.17, 15) is 14.4 Å². The van der Waals surface area contributed by atoms with Crippen LogP contribution in [0.1, 0.15) is 53.6 Å². The van der Waals surface area contributed by atoms with Crippen LogP contribution in [-0.4, -0.2) is 54.8 Å². The van der Waals surface area contributed by atoms with Gasteiger partial charge in [0, 0.05) is 30.9 Å². The van der Waals surface area contributed by atoms with Crippen LogP contribution >= 0.6 is 0 Å². The molecule has 0 unspecified atom stereocenters. The van der Waals surface area contributed by atoms with Crippen LogP contribution < -0.4 is 15.1 Å². The number of hydrogen-bond donors (Lipinski definition) is 1. The minimum atomic E-state index is -0.255. The van der Waals surface area contributed by atoms with Gasteiger partial charge >= 0.3 is 0 Å². The molecule has 0 spiro atoms. The van der Waals surface area contributed by atoms with Gasteiger partial charge in [0.15, 0.2) is 0 Å². The number of rotatable bonds is 4. The summed E-state index contributed by atoms with van der Waals surface area (Å²) in [5.41, 5.74) is 4.95. The van der Waals surface area contributed by atoms with Crippen molar-refractivity contribution in [3.63, 3.8) is 0 Å². The normalized spacial score (nSPS) is 19.6. The first-order valence-corrected chi connectivity index (χ1v) is 12.3. The molecule has 5 rings (SSSR count). The second kappa shape index (κ2) is 9.12. The first-order chi connectivity index (χ1) is 16.4. The zero-order valence-electron chi connectivity index (χ0n) is 20.0. The van der Waals surface area contributed by atoms with Crippen molar-refractivity contribution in [3.05, 3.63) is 53.1 Å². The lowest BCUT2D eigenvalue weighted by Gasteiger charge is -2.45. The number of aryl methyl sites for hydroxylation is 2. The lowest BCUT2D eigenvalue weighted by atomic mass is 9.95. The van der Waals surface area contributed by atoms with E-state index in [0.717, 1.165) is 74.2 Å². The van der Waals surface area contributed by atoms with E-state index < -0.39 is 0 Å². The monoisotopic (exact) mass is 460 g/mol. The Hall–Kier alpha value is -3.35. The fraction of sp³-hybridized carbons (Fsp3) is 0.444. The molecule has 3 amide bonds. The van der Waals surface area contributed by atoms with Crippen LogP contribution in [0.5, 0.6) is 0 Å². The first kappa shape index (κ1) is 22.4. The highest BCUT2D eigenvalue weighted by atomic mass is 16.2. The third kappa shape index (κ3) is 4.15. The van der Waals surface area contributed by atoms with E-state index in [-0.39, 0.29) is 30.3 Å². The molecule has 178 valence electrons. The molecule has 2 saturated heterocycles. The number of amides is 3. The van der Waals surface area contributed by atoms with Gasteiger partial charge in [0.05, 0.1) is 11.4 Å². The van der Waals surface area contributed by atoms with Gasteiger partial charge in [-0.25, -0.2) is 0 Å². The molecule has 0 saturated carbocycles. The van der Waals surface area contributed by atoms with Gasteiger partial charge in [-0.05, 0) is 81.3 Å². The molecular formula is C27H32N4O3. The molecule has 3 heterocycles.